The van der Waals surface area contributed by atoms with E-state index >= 15 is 4.39 Å². The smallest absolute Gasteiger partial charge is 0.255 e. The third-order valence-corrected chi connectivity index (χ3v) is 7.48. The summed E-state index contributed by atoms with van der Waals surface area (Å²) >= 11 is 0. The maximum absolute atomic E-state index is 15.5. The van der Waals surface area contributed by atoms with Crippen LogP contribution in [0.3, 0.4) is 0 Å². The van der Waals surface area contributed by atoms with Gasteiger partial charge in [-0.15, -0.1) is 0 Å². The van der Waals surface area contributed by atoms with Crippen molar-refractivity contribution in [1.29, 1.82) is 0 Å². The number of nitrogens with one attached hydrogen (secondary N) is 1. The van der Waals surface area contributed by atoms with Crippen LogP contribution in [0.25, 0.3) is 22.0 Å². The molecular weight excluding hydrogens is 443 g/mol. The summed E-state index contributed by atoms with van der Waals surface area (Å²) in [5, 5.41) is 1.03. The Balaban J connectivity index is 1.27. The Morgan fingerprint density at radius 1 is 1.14 bits per heavy atom. The normalized spacial score (nSPS) is 21.7. The Labute approximate surface area is 203 Å². The lowest BCUT2D eigenvalue weighted by atomic mass is 10.0. The largest absolute Gasteiger partial charge is 0.361 e. The minimum absolute atomic E-state index is 0.125. The molecule has 180 valence electrons. The van der Waals surface area contributed by atoms with Crippen molar-refractivity contribution in [3.8, 4) is 11.1 Å². The van der Waals surface area contributed by atoms with Gasteiger partial charge in [0.25, 0.3) is 5.91 Å². The third kappa shape index (κ3) is 3.83. The maximum atomic E-state index is 15.5. The number of carbonyl (C=O) groups is 2. The summed E-state index contributed by atoms with van der Waals surface area (Å²) in [7, 11) is 0. The number of amidine groups is 1. The molecule has 3 aliphatic rings. The van der Waals surface area contributed by atoms with Gasteiger partial charge in [0.05, 0.1) is 5.56 Å². The molecule has 0 spiro atoms. The van der Waals surface area contributed by atoms with E-state index in [4.69, 9.17) is 0 Å². The van der Waals surface area contributed by atoms with E-state index in [1.807, 2.05) is 41.4 Å². The van der Waals surface area contributed by atoms with Gasteiger partial charge in [-0.05, 0) is 62.8 Å². The zero-order valence-electron chi connectivity index (χ0n) is 20.1. The highest BCUT2D eigenvalue weighted by atomic mass is 19.1. The van der Waals surface area contributed by atoms with Crippen LogP contribution in [0, 0.1) is 17.7 Å². The monoisotopic (exact) mass is 472 g/mol. The number of nitrogens with zero attached hydrogens (tertiary/aromatic N) is 3. The lowest BCUT2D eigenvalue weighted by molar-refractivity contribution is -0.131. The van der Waals surface area contributed by atoms with E-state index in [2.05, 4.69) is 9.98 Å². The van der Waals surface area contributed by atoms with Crippen molar-refractivity contribution in [3.05, 3.63) is 60.0 Å². The Morgan fingerprint density at radius 2 is 1.94 bits per heavy atom. The number of likely N-dealkylation sites (tertiary alicyclic amines) is 1. The summed E-state index contributed by atoms with van der Waals surface area (Å²) in [6.45, 7) is 5.36. The van der Waals surface area contributed by atoms with E-state index in [0.29, 0.717) is 24.5 Å². The maximum Gasteiger partial charge on any atom is 0.255 e. The molecule has 1 atom stereocenters. The first-order chi connectivity index (χ1) is 16.8. The fourth-order valence-electron chi connectivity index (χ4n) is 5.38. The molecule has 0 bridgehead atoms. The number of aromatic nitrogens is 1. The Bertz CT molecular complexity index is 1370. The number of rotatable bonds is 5. The highest BCUT2D eigenvalue weighted by molar-refractivity contribution is 6.15. The Morgan fingerprint density at radius 3 is 2.71 bits per heavy atom. The van der Waals surface area contributed by atoms with E-state index in [0.717, 1.165) is 47.8 Å². The van der Waals surface area contributed by atoms with Crippen LogP contribution in [0.1, 0.15) is 38.7 Å². The summed E-state index contributed by atoms with van der Waals surface area (Å²) in [5.41, 5.74) is 2.08. The first-order valence-electron chi connectivity index (χ1n) is 12.4. The molecule has 0 unspecified atom stereocenters. The number of halogens is 1. The number of hydrogen-bond acceptors (Lipinski definition) is 3. The molecule has 7 heteroatoms. The number of benzene rings is 2. The predicted molar refractivity (Wildman–Crippen MR) is 133 cm³/mol. The average Bonchev–Trinajstić information content (AvgIpc) is 3.36. The molecule has 3 aromatic rings. The van der Waals surface area contributed by atoms with Gasteiger partial charge in [-0.1, -0.05) is 24.3 Å². The first-order valence-corrected chi connectivity index (χ1v) is 12.4. The molecule has 1 N–H and O–H groups in total. The van der Waals surface area contributed by atoms with Crippen molar-refractivity contribution >= 4 is 28.6 Å². The van der Waals surface area contributed by atoms with Gasteiger partial charge in [0.15, 0.2) is 0 Å². The van der Waals surface area contributed by atoms with Gasteiger partial charge in [0.2, 0.25) is 5.91 Å². The highest BCUT2D eigenvalue weighted by Crippen LogP contribution is 2.35. The van der Waals surface area contributed by atoms with E-state index in [1.165, 1.54) is 6.07 Å². The molecule has 35 heavy (non-hydrogen) atoms. The van der Waals surface area contributed by atoms with Crippen LogP contribution < -0.4 is 0 Å². The van der Waals surface area contributed by atoms with E-state index in [9.17, 15) is 9.59 Å². The molecule has 2 aliphatic heterocycles. The van der Waals surface area contributed by atoms with E-state index in [-0.39, 0.29) is 23.7 Å². The molecule has 3 heterocycles. The molecule has 1 saturated heterocycles. The predicted octanol–water partition coefficient (Wildman–Crippen LogP) is 4.60. The second-order valence-corrected chi connectivity index (χ2v) is 10.6. The molecule has 2 amide bonds. The Kier molecular flexibility index (Phi) is 5.06. The fraction of sp³-hybridized carbons (Fsp3) is 0.393. The molecule has 2 aromatic carbocycles. The van der Waals surface area contributed by atoms with Gasteiger partial charge >= 0.3 is 0 Å². The second-order valence-electron chi connectivity index (χ2n) is 10.6. The zero-order valence-corrected chi connectivity index (χ0v) is 20.1. The standard InChI is InChI=1S/C28H29FN4O2/c1-28(2)27(35)33(16-17-11-12-32(15-17)26(34)18-7-8-18)25(31-28)21-10-9-19(13-23(21)29)22-14-30-24-6-4-3-5-20(22)24/h3-6,9-10,13-14,17-18,30H,7-8,11-12,15-16H2,1-2H3/t17-/m1/s1. The van der Waals surface area contributed by atoms with Gasteiger partial charge in [-0.3, -0.25) is 19.5 Å². The summed E-state index contributed by atoms with van der Waals surface area (Å²) in [5.74, 6) is 0.458. The average molecular weight is 473 g/mol. The third-order valence-electron chi connectivity index (χ3n) is 7.48. The van der Waals surface area contributed by atoms with Gasteiger partial charge in [-0.25, -0.2) is 4.39 Å². The molecule has 1 saturated carbocycles. The summed E-state index contributed by atoms with van der Waals surface area (Å²) < 4.78 is 15.5. The van der Waals surface area contributed by atoms with Crippen molar-refractivity contribution in [2.24, 2.45) is 16.8 Å². The molecule has 0 radical (unpaired) electrons. The van der Waals surface area contributed by atoms with Gasteiger partial charge in [-0.2, -0.15) is 0 Å². The van der Waals surface area contributed by atoms with Crippen molar-refractivity contribution in [3.63, 3.8) is 0 Å². The molecular formula is C28H29FN4O2. The topological polar surface area (TPSA) is 68.8 Å². The molecule has 6 rings (SSSR count). The van der Waals surface area contributed by atoms with Crippen molar-refractivity contribution in [1.82, 2.24) is 14.8 Å². The van der Waals surface area contributed by atoms with Gasteiger partial charge in [0, 0.05) is 48.2 Å². The minimum Gasteiger partial charge on any atom is -0.361 e. The number of H-pyrrole nitrogens is 1. The number of aliphatic imine (C=N–C) groups is 1. The Hall–Kier alpha value is -3.48. The van der Waals surface area contributed by atoms with Crippen LogP contribution in [-0.2, 0) is 9.59 Å². The van der Waals surface area contributed by atoms with Crippen LogP contribution in [-0.4, -0.2) is 57.6 Å². The molecule has 6 nitrogen and oxygen atoms in total. The zero-order chi connectivity index (χ0) is 24.3. The first kappa shape index (κ1) is 22.0. The van der Waals surface area contributed by atoms with Crippen molar-refractivity contribution in [2.45, 2.75) is 38.6 Å². The fourth-order valence-corrected chi connectivity index (χ4v) is 5.38. The van der Waals surface area contributed by atoms with Crippen LogP contribution in [0.15, 0.2) is 53.7 Å². The van der Waals surface area contributed by atoms with Crippen LogP contribution in [0.2, 0.25) is 0 Å². The molecule has 1 aromatic heterocycles. The lowest BCUT2D eigenvalue weighted by Gasteiger charge is -2.24. The number of hydrogen-bond donors (Lipinski definition) is 1. The second kappa shape index (κ2) is 8.04. The minimum atomic E-state index is -0.945. The quantitative estimate of drug-likeness (QED) is 0.590. The number of amides is 2. The lowest BCUT2D eigenvalue weighted by Crippen LogP contribution is -2.43. The van der Waals surface area contributed by atoms with Crippen molar-refractivity contribution < 1.29 is 14.0 Å². The molecule has 2 fully saturated rings. The van der Waals surface area contributed by atoms with E-state index in [1.54, 1.807) is 24.8 Å². The van der Waals surface area contributed by atoms with E-state index < -0.39 is 11.4 Å². The number of aromatic amines is 1. The van der Waals surface area contributed by atoms with Crippen molar-refractivity contribution in [2.75, 3.05) is 19.6 Å². The summed E-state index contributed by atoms with van der Waals surface area (Å²) in [6, 6.07) is 13.1. The van der Waals surface area contributed by atoms with Crippen LogP contribution >= 0.6 is 0 Å². The van der Waals surface area contributed by atoms with Gasteiger partial charge < -0.3 is 9.88 Å². The summed E-state index contributed by atoms with van der Waals surface area (Å²) in [6.07, 6.45) is 4.71. The highest BCUT2D eigenvalue weighted by Gasteiger charge is 2.44. The van der Waals surface area contributed by atoms with Gasteiger partial charge in [0.1, 0.15) is 17.2 Å². The number of para-hydroxylation sites is 1. The number of carbonyl (C=O) groups excluding carboxylic acids is 2. The SMILES string of the molecule is CC1(C)N=C(c2ccc(-c3c[nH]c4ccccc34)cc2F)N(C[C@@H]2CCN(C(=O)C3CC3)C2)C1=O. The molecule has 1 aliphatic carbocycles. The van der Waals surface area contributed by atoms with Crippen LogP contribution in [0.5, 0.6) is 0 Å². The number of fused-ring (bicyclic) bond motifs is 1. The van der Waals surface area contributed by atoms with Crippen LogP contribution in [0.4, 0.5) is 4.39 Å². The summed E-state index contributed by atoms with van der Waals surface area (Å²) in [4.78, 5) is 37.2.